The summed E-state index contributed by atoms with van der Waals surface area (Å²) in [6.45, 7) is -0.747. The predicted octanol–water partition coefficient (Wildman–Crippen LogP) is 4.62. The second-order valence-corrected chi connectivity index (χ2v) is 8.54. The van der Waals surface area contributed by atoms with Gasteiger partial charge in [0.25, 0.3) is 0 Å². The van der Waals surface area contributed by atoms with Gasteiger partial charge in [0, 0.05) is 11.1 Å². The minimum absolute atomic E-state index is 0.171. The first-order valence-corrected chi connectivity index (χ1v) is 11.0. The third kappa shape index (κ3) is 7.81. The van der Waals surface area contributed by atoms with Gasteiger partial charge in [0.05, 0.1) is 19.4 Å². The van der Waals surface area contributed by atoms with E-state index in [-0.39, 0.29) is 12.2 Å². The highest BCUT2D eigenvalue weighted by Gasteiger charge is 2.31. The lowest BCUT2D eigenvalue weighted by atomic mass is 10.2. The molecule has 2 aromatic carbocycles. The van der Waals surface area contributed by atoms with Crippen molar-refractivity contribution in [3.05, 3.63) is 89.7 Å². The maximum absolute atomic E-state index is 12.9. The molecule has 7 nitrogen and oxygen atoms in total. The Morgan fingerprint density at radius 1 is 1.03 bits per heavy atom. The number of anilines is 1. The molecule has 0 unspecified atom stereocenters. The van der Waals surface area contributed by atoms with Gasteiger partial charge in [-0.1, -0.05) is 30.3 Å². The molecule has 0 aliphatic heterocycles. The van der Waals surface area contributed by atoms with Gasteiger partial charge in [-0.3, -0.25) is 4.79 Å². The number of amides is 1. The van der Waals surface area contributed by atoms with Crippen LogP contribution in [0.1, 0.15) is 11.3 Å². The van der Waals surface area contributed by atoms with E-state index in [0.29, 0.717) is 11.3 Å². The summed E-state index contributed by atoms with van der Waals surface area (Å²) in [6.07, 6.45) is -2.05. The highest BCUT2D eigenvalue weighted by Crippen LogP contribution is 2.24. The van der Waals surface area contributed by atoms with Gasteiger partial charge in [-0.2, -0.15) is 4.31 Å². The molecule has 11 heteroatoms. The molecule has 0 radical (unpaired) electrons. The van der Waals surface area contributed by atoms with Crippen LogP contribution >= 0.6 is 0 Å². The molecule has 174 valence electrons. The molecule has 0 saturated carbocycles. The van der Waals surface area contributed by atoms with Crippen LogP contribution in [0.2, 0.25) is 0 Å². The van der Waals surface area contributed by atoms with E-state index in [9.17, 15) is 26.4 Å². The van der Waals surface area contributed by atoms with Crippen LogP contribution in [0.15, 0.2) is 82.8 Å². The van der Waals surface area contributed by atoms with Gasteiger partial charge >= 0.3 is 6.36 Å². The van der Waals surface area contributed by atoms with Crippen LogP contribution in [0.25, 0.3) is 6.08 Å². The number of hydrogen-bond acceptors (Lipinski definition) is 5. The SMILES string of the molecule is O=C(CN(Cc1ccco1)S(=O)(=O)/C=C/c1ccccc1)Nc1ccc(OC(F)(F)F)cc1. The first-order valence-electron chi connectivity index (χ1n) is 9.52. The number of rotatable bonds is 9. The number of nitrogens with one attached hydrogen (secondary N) is 1. The van der Waals surface area contributed by atoms with Crippen LogP contribution in [-0.4, -0.2) is 31.5 Å². The third-order valence-corrected chi connectivity index (χ3v) is 5.65. The van der Waals surface area contributed by atoms with Crippen molar-refractivity contribution in [2.24, 2.45) is 0 Å². The Kier molecular flexibility index (Phi) is 7.56. The number of ether oxygens (including phenoxy) is 1. The van der Waals surface area contributed by atoms with E-state index >= 15 is 0 Å². The number of benzene rings is 2. The van der Waals surface area contributed by atoms with Crippen LogP contribution in [0.5, 0.6) is 5.75 Å². The summed E-state index contributed by atoms with van der Waals surface area (Å²) >= 11 is 0. The number of sulfonamides is 1. The second-order valence-electron chi connectivity index (χ2n) is 6.73. The van der Waals surface area contributed by atoms with E-state index in [4.69, 9.17) is 4.42 Å². The maximum Gasteiger partial charge on any atom is 0.573 e. The third-order valence-electron chi connectivity index (χ3n) is 4.20. The smallest absolute Gasteiger partial charge is 0.468 e. The van der Waals surface area contributed by atoms with Crippen molar-refractivity contribution in [2.45, 2.75) is 12.9 Å². The van der Waals surface area contributed by atoms with Crippen molar-refractivity contribution in [2.75, 3.05) is 11.9 Å². The van der Waals surface area contributed by atoms with Gasteiger partial charge in [-0.05, 0) is 48.0 Å². The Bertz CT molecular complexity index is 1180. The zero-order valence-corrected chi connectivity index (χ0v) is 17.8. The number of nitrogens with zero attached hydrogens (tertiary/aromatic N) is 1. The summed E-state index contributed by atoms with van der Waals surface area (Å²) < 4.78 is 72.5. The van der Waals surface area contributed by atoms with E-state index in [2.05, 4.69) is 10.1 Å². The fourth-order valence-corrected chi connectivity index (χ4v) is 3.83. The summed E-state index contributed by atoms with van der Waals surface area (Å²) in [6, 6.07) is 16.4. The van der Waals surface area contributed by atoms with E-state index in [1.165, 1.54) is 24.5 Å². The lowest BCUT2D eigenvalue weighted by molar-refractivity contribution is -0.274. The van der Waals surface area contributed by atoms with Crippen molar-refractivity contribution in [3.8, 4) is 5.75 Å². The molecule has 0 atom stereocenters. The summed E-state index contributed by atoms with van der Waals surface area (Å²) in [5.74, 6) is -0.815. The van der Waals surface area contributed by atoms with E-state index in [0.717, 1.165) is 21.8 Å². The van der Waals surface area contributed by atoms with Crippen LogP contribution in [0.3, 0.4) is 0 Å². The molecule has 0 bridgehead atoms. The number of carbonyl (C=O) groups is 1. The first kappa shape index (κ1) is 24.1. The second kappa shape index (κ2) is 10.4. The quantitative estimate of drug-likeness (QED) is 0.483. The topological polar surface area (TPSA) is 88.9 Å². The van der Waals surface area contributed by atoms with Crippen LogP contribution in [-0.2, 0) is 21.4 Å². The molecule has 0 aliphatic carbocycles. The Hall–Kier alpha value is -3.57. The monoisotopic (exact) mass is 480 g/mol. The summed E-state index contributed by atoms with van der Waals surface area (Å²) in [5.41, 5.74) is 0.828. The molecule has 33 heavy (non-hydrogen) atoms. The molecule has 3 rings (SSSR count). The molecule has 1 N–H and O–H groups in total. The Labute approximate surface area is 188 Å². The van der Waals surface area contributed by atoms with E-state index < -0.39 is 34.6 Å². The average molecular weight is 480 g/mol. The highest BCUT2D eigenvalue weighted by atomic mass is 32.2. The van der Waals surface area contributed by atoms with Crippen molar-refractivity contribution in [1.82, 2.24) is 4.31 Å². The van der Waals surface area contributed by atoms with Gasteiger partial charge in [-0.25, -0.2) is 8.42 Å². The van der Waals surface area contributed by atoms with E-state index in [1.54, 1.807) is 42.5 Å². The van der Waals surface area contributed by atoms with Gasteiger partial charge in [0.15, 0.2) is 0 Å². The maximum atomic E-state index is 12.9. The van der Waals surface area contributed by atoms with Crippen LogP contribution < -0.4 is 10.1 Å². The van der Waals surface area contributed by atoms with Crippen molar-refractivity contribution in [1.29, 1.82) is 0 Å². The van der Waals surface area contributed by atoms with Crippen LogP contribution in [0, 0.1) is 0 Å². The number of furan rings is 1. The Balaban J connectivity index is 1.71. The molecule has 1 heterocycles. The molecule has 0 fully saturated rings. The minimum atomic E-state index is -4.83. The molecule has 0 spiro atoms. The zero-order valence-electron chi connectivity index (χ0n) is 17.0. The van der Waals surface area contributed by atoms with Crippen molar-refractivity contribution in [3.63, 3.8) is 0 Å². The van der Waals surface area contributed by atoms with Gasteiger partial charge in [0.1, 0.15) is 11.5 Å². The van der Waals surface area contributed by atoms with Crippen molar-refractivity contribution < 1.29 is 35.5 Å². The molecule has 1 amide bonds. The molecular weight excluding hydrogens is 461 g/mol. The number of alkyl halides is 3. The minimum Gasteiger partial charge on any atom is -0.468 e. The highest BCUT2D eigenvalue weighted by molar-refractivity contribution is 7.92. The number of hydrogen-bond donors (Lipinski definition) is 1. The molecule has 0 aliphatic rings. The lowest BCUT2D eigenvalue weighted by Gasteiger charge is -2.19. The fourth-order valence-electron chi connectivity index (χ4n) is 2.73. The summed E-state index contributed by atoms with van der Waals surface area (Å²) in [5, 5.41) is 3.44. The van der Waals surface area contributed by atoms with E-state index in [1.807, 2.05) is 0 Å². The molecule has 1 aromatic heterocycles. The largest absolute Gasteiger partial charge is 0.573 e. The average Bonchev–Trinajstić information content (AvgIpc) is 3.26. The normalized spacial score (nSPS) is 12.2. The zero-order chi connectivity index (χ0) is 23.9. The van der Waals surface area contributed by atoms with Gasteiger partial charge < -0.3 is 14.5 Å². The lowest BCUT2D eigenvalue weighted by Crippen LogP contribution is -2.36. The Morgan fingerprint density at radius 2 is 1.73 bits per heavy atom. The number of halogens is 3. The van der Waals surface area contributed by atoms with Crippen molar-refractivity contribution >= 4 is 27.7 Å². The summed E-state index contributed by atoms with van der Waals surface area (Å²) in [7, 11) is -4.02. The number of carbonyl (C=O) groups excluding carboxylic acids is 1. The van der Waals surface area contributed by atoms with Gasteiger partial charge in [-0.15, -0.1) is 13.2 Å². The molecule has 0 saturated heterocycles. The fraction of sp³-hybridized carbons (Fsp3) is 0.136. The summed E-state index contributed by atoms with van der Waals surface area (Å²) in [4.78, 5) is 12.5. The van der Waals surface area contributed by atoms with Crippen LogP contribution in [0.4, 0.5) is 18.9 Å². The molecule has 3 aromatic rings. The Morgan fingerprint density at radius 3 is 2.33 bits per heavy atom. The standard InChI is InChI=1S/C22H19F3N2O5S/c23-22(24,25)32-19-10-8-18(9-11-19)26-21(28)16-27(15-20-7-4-13-31-20)33(29,30)14-12-17-5-2-1-3-6-17/h1-14H,15-16H2,(H,26,28)/b14-12+. The molecular formula is C22H19F3N2O5S. The first-order chi connectivity index (χ1) is 15.6. The predicted molar refractivity (Wildman–Crippen MR) is 115 cm³/mol. The van der Waals surface area contributed by atoms with Gasteiger partial charge in [0.2, 0.25) is 15.9 Å².